The highest BCUT2D eigenvalue weighted by Crippen LogP contribution is 2.28. The first-order valence-electron chi connectivity index (χ1n) is 11.6. The normalized spacial score (nSPS) is 16.9. The number of ether oxygens (including phenoxy) is 5. The second-order valence-corrected chi connectivity index (χ2v) is 8.71. The average molecular weight is 495 g/mol. The van der Waals surface area contributed by atoms with Gasteiger partial charge in [0.25, 0.3) is 0 Å². The molecule has 1 saturated heterocycles. The molecule has 1 aliphatic rings. The Balaban J connectivity index is 1.27. The topological polar surface area (TPSA) is 108 Å². The molecule has 0 saturated carbocycles. The lowest BCUT2D eigenvalue weighted by molar-refractivity contribution is -0.169. The van der Waals surface area contributed by atoms with Gasteiger partial charge in [-0.3, -0.25) is 0 Å². The number of aryl methyl sites for hydroxylation is 1. The zero-order valence-corrected chi connectivity index (χ0v) is 20.4. The Labute approximate surface area is 204 Å². The fourth-order valence-electron chi connectivity index (χ4n) is 3.54. The van der Waals surface area contributed by atoms with E-state index in [4.69, 9.17) is 23.7 Å². The van der Waals surface area contributed by atoms with E-state index in [1.165, 1.54) is 0 Å². The Morgan fingerprint density at radius 3 is 2.44 bits per heavy atom. The maximum atomic E-state index is 11.2. The standard InChI is InChI=1S/C24H34N2O7S/c1-18-23(34-17-25-18)20-7-5-19(6-8-20)21(26-24(27)28)16-31-13-12-29-10-11-30-14-15-33-22-4-2-3-9-32-22/h5-8,17,21-22,26H,2-4,9-16H2,1H3,(H,27,28)/t21-,22?/m0/s1. The van der Waals surface area contributed by atoms with Crippen LogP contribution >= 0.6 is 11.3 Å². The monoisotopic (exact) mass is 494 g/mol. The molecule has 188 valence electrons. The van der Waals surface area contributed by atoms with Crippen LogP contribution < -0.4 is 5.32 Å². The van der Waals surface area contributed by atoms with Gasteiger partial charge in [0.15, 0.2) is 6.29 Å². The lowest BCUT2D eigenvalue weighted by atomic mass is 10.0. The molecule has 3 rings (SSSR count). The summed E-state index contributed by atoms with van der Waals surface area (Å²) in [6.45, 7) is 5.66. The molecule has 34 heavy (non-hydrogen) atoms. The first-order chi connectivity index (χ1) is 16.6. The molecular weight excluding hydrogens is 460 g/mol. The SMILES string of the molecule is Cc1ncsc1-c1ccc([C@H](COCCOCCOCCOC2CCCCO2)NC(=O)O)cc1. The summed E-state index contributed by atoms with van der Waals surface area (Å²) in [6, 6.07) is 7.31. The molecule has 1 aromatic carbocycles. The van der Waals surface area contributed by atoms with Crippen molar-refractivity contribution in [2.24, 2.45) is 0 Å². The van der Waals surface area contributed by atoms with E-state index in [9.17, 15) is 9.90 Å². The van der Waals surface area contributed by atoms with Crippen molar-refractivity contribution in [3.05, 3.63) is 41.0 Å². The number of hydrogen-bond acceptors (Lipinski definition) is 8. The Morgan fingerprint density at radius 2 is 1.82 bits per heavy atom. The highest BCUT2D eigenvalue weighted by molar-refractivity contribution is 7.13. The summed E-state index contributed by atoms with van der Waals surface area (Å²) in [5.74, 6) is 0. The average Bonchev–Trinajstić information content (AvgIpc) is 3.28. The Morgan fingerprint density at radius 1 is 1.12 bits per heavy atom. The first kappa shape index (κ1) is 26.5. The van der Waals surface area contributed by atoms with Crippen LogP contribution in [-0.2, 0) is 23.7 Å². The number of carbonyl (C=O) groups is 1. The minimum atomic E-state index is -1.09. The molecule has 0 spiro atoms. The number of amides is 1. The van der Waals surface area contributed by atoms with Gasteiger partial charge < -0.3 is 34.1 Å². The maximum Gasteiger partial charge on any atom is 0.405 e. The van der Waals surface area contributed by atoms with Crippen molar-refractivity contribution in [3.8, 4) is 10.4 Å². The number of rotatable bonds is 15. The molecule has 2 aromatic rings. The molecule has 1 fully saturated rings. The van der Waals surface area contributed by atoms with Gasteiger partial charge in [0.1, 0.15) is 0 Å². The highest BCUT2D eigenvalue weighted by Gasteiger charge is 2.15. The summed E-state index contributed by atoms with van der Waals surface area (Å²) in [7, 11) is 0. The lowest BCUT2D eigenvalue weighted by Crippen LogP contribution is -2.30. The third kappa shape index (κ3) is 9.28. The molecule has 9 nitrogen and oxygen atoms in total. The summed E-state index contributed by atoms with van der Waals surface area (Å²) in [4.78, 5) is 16.6. The van der Waals surface area contributed by atoms with Gasteiger partial charge in [0.2, 0.25) is 0 Å². The van der Waals surface area contributed by atoms with Crippen LogP contribution in [0.4, 0.5) is 4.79 Å². The number of carboxylic acid groups (broad SMARTS) is 1. The predicted molar refractivity (Wildman–Crippen MR) is 128 cm³/mol. The largest absolute Gasteiger partial charge is 0.465 e. The first-order valence-corrected chi connectivity index (χ1v) is 12.5. The van der Waals surface area contributed by atoms with Crippen molar-refractivity contribution in [2.45, 2.75) is 38.5 Å². The number of hydrogen-bond donors (Lipinski definition) is 2. The van der Waals surface area contributed by atoms with Gasteiger partial charge in [-0.05, 0) is 37.3 Å². The fraction of sp³-hybridized carbons (Fsp3) is 0.583. The molecule has 1 amide bonds. The van der Waals surface area contributed by atoms with Gasteiger partial charge in [-0.2, -0.15) is 0 Å². The van der Waals surface area contributed by atoms with Crippen molar-refractivity contribution in [2.75, 3.05) is 52.9 Å². The number of thiazole rings is 1. The van der Waals surface area contributed by atoms with Gasteiger partial charge in [-0.15, -0.1) is 11.3 Å². The van der Waals surface area contributed by atoms with Gasteiger partial charge >= 0.3 is 6.09 Å². The summed E-state index contributed by atoms with van der Waals surface area (Å²) in [6.07, 6.45) is 2.02. The molecule has 0 bridgehead atoms. The molecule has 10 heteroatoms. The van der Waals surface area contributed by atoms with Crippen LogP contribution in [0, 0.1) is 6.92 Å². The van der Waals surface area contributed by atoms with Gasteiger partial charge in [-0.1, -0.05) is 24.3 Å². The van der Waals surface area contributed by atoms with Crippen LogP contribution in [-0.4, -0.2) is 75.3 Å². The number of aromatic nitrogens is 1. The lowest BCUT2D eigenvalue weighted by Gasteiger charge is -2.22. The molecule has 2 atom stereocenters. The van der Waals surface area contributed by atoms with Crippen LogP contribution in [0.2, 0.25) is 0 Å². The minimum Gasteiger partial charge on any atom is -0.465 e. The molecular formula is C24H34N2O7S. The van der Waals surface area contributed by atoms with E-state index in [2.05, 4.69) is 10.3 Å². The number of benzene rings is 1. The summed E-state index contributed by atoms with van der Waals surface area (Å²) >= 11 is 1.58. The van der Waals surface area contributed by atoms with Crippen molar-refractivity contribution in [1.29, 1.82) is 0 Å². The van der Waals surface area contributed by atoms with Crippen LogP contribution in [0.5, 0.6) is 0 Å². The summed E-state index contributed by atoms with van der Waals surface area (Å²) < 4.78 is 27.7. The quantitative estimate of drug-likeness (QED) is 0.358. The molecule has 1 aliphatic heterocycles. The van der Waals surface area contributed by atoms with Crippen LogP contribution in [0.25, 0.3) is 10.4 Å². The van der Waals surface area contributed by atoms with Gasteiger partial charge in [-0.25, -0.2) is 9.78 Å². The third-order valence-corrected chi connectivity index (χ3v) is 6.29. The summed E-state index contributed by atoms with van der Waals surface area (Å²) in [5, 5.41) is 11.7. The van der Waals surface area contributed by atoms with E-state index in [0.717, 1.165) is 47.6 Å². The van der Waals surface area contributed by atoms with E-state index in [1.807, 2.05) is 36.7 Å². The Bertz CT molecular complexity index is 840. The maximum absolute atomic E-state index is 11.2. The van der Waals surface area contributed by atoms with Crippen LogP contribution in [0.1, 0.15) is 36.6 Å². The third-order valence-electron chi connectivity index (χ3n) is 5.32. The Hall–Kier alpha value is -2.08. The zero-order chi connectivity index (χ0) is 24.0. The number of nitrogens with one attached hydrogen (secondary N) is 1. The molecule has 2 N–H and O–H groups in total. The van der Waals surface area contributed by atoms with Gasteiger partial charge in [0.05, 0.1) is 68.4 Å². The molecule has 2 heterocycles. The van der Waals surface area contributed by atoms with Crippen molar-refractivity contribution in [3.63, 3.8) is 0 Å². The predicted octanol–water partition coefficient (Wildman–Crippen LogP) is 4.02. The summed E-state index contributed by atoms with van der Waals surface area (Å²) in [5.41, 5.74) is 4.69. The second kappa shape index (κ2) is 15.0. The number of nitrogens with zero attached hydrogens (tertiary/aromatic N) is 1. The van der Waals surface area contributed by atoms with Crippen LogP contribution in [0.3, 0.4) is 0 Å². The van der Waals surface area contributed by atoms with E-state index >= 15 is 0 Å². The van der Waals surface area contributed by atoms with Crippen molar-refractivity contribution >= 4 is 17.4 Å². The highest BCUT2D eigenvalue weighted by atomic mass is 32.1. The Kier molecular flexibility index (Phi) is 11.7. The second-order valence-electron chi connectivity index (χ2n) is 7.86. The fourth-order valence-corrected chi connectivity index (χ4v) is 4.35. The minimum absolute atomic E-state index is 0.0920. The molecule has 0 aliphatic carbocycles. The zero-order valence-electron chi connectivity index (χ0n) is 19.6. The van der Waals surface area contributed by atoms with Crippen LogP contribution in [0.15, 0.2) is 29.8 Å². The van der Waals surface area contributed by atoms with E-state index in [1.54, 1.807) is 11.3 Å². The molecule has 1 aromatic heterocycles. The van der Waals surface area contributed by atoms with E-state index < -0.39 is 12.1 Å². The van der Waals surface area contributed by atoms with Crippen molar-refractivity contribution in [1.82, 2.24) is 10.3 Å². The van der Waals surface area contributed by atoms with E-state index in [0.29, 0.717) is 39.6 Å². The van der Waals surface area contributed by atoms with Gasteiger partial charge in [0, 0.05) is 6.61 Å². The van der Waals surface area contributed by atoms with Crippen molar-refractivity contribution < 1.29 is 33.6 Å². The smallest absolute Gasteiger partial charge is 0.405 e. The van der Waals surface area contributed by atoms with E-state index in [-0.39, 0.29) is 12.9 Å². The molecule has 1 unspecified atom stereocenters. The molecule has 0 radical (unpaired) electrons.